The fourth-order valence-corrected chi connectivity index (χ4v) is 4.51. The molecule has 0 unspecified atom stereocenters. The topological polar surface area (TPSA) is 91.6 Å². The fourth-order valence-electron chi connectivity index (χ4n) is 4.51. The van der Waals surface area contributed by atoms with Gasteiger partial charge in [-0.1, -0.05) is 6.07 Å². The summed E-state index contributed by atoms with van der Waals surface area (Å²) in [5.74, 6) is 0.0671. The molecule has 28 heavy (non-hydrogen) atoms. The number of amides is 2. The molecule has 1 aromatic carbocycles. The van der Waals surface area contributed by atoms with E-state index in [0.29, 0.717) is 25.2 Å². The number of nitrogens with zero attached hydrogens (tertiary/aromatic N) is 2. The number of hydrogen-bond acceptors (Lipinski definition) is 4. The third kappa shape index (κ3) is 3.28. The molecule has 0 spiro atoms. The maximum Gasteiger partial charge on any atom is 0.253 e. The highest BCUT2D eigenvalue weighted by Gasteiger charge is 2.41. The third-order valence-corrected chi connectivity index (χ3v) is 5.76. The van der Waals surface area contributed by atoms with Crippen LogP contribution in [-0.2, 0) is 4.79 Å². The summed E-state index contributed by atoms with van der Waals surface area (Å²) in [6.45, 7) is 2.90. The minimum atomic E-state index is -0.181. The first-order chi connectivity index (χ1) is 13.4. The highest BCUT2D eigenvalue weighted by atomic mass is 16.3. The molecule has 0 saturated carbocycles. The van der Waals surface area contributed by atoms with E-state index < -0.39 is 0 Å². The molecule has 0 aliphatic carbocycles. The molecule has 0 radical (unpaired) electrons. The van der Waals surface area contributed by atoms with Crippen molar-refractivity contribution in [2.24, 2.45) is 5.92 Å². The van der Waals surface area contributed by atoms with Crippen LogP contribution >= 0.6 is 0 Å². The van der Waals surface area contributed by atoms with Crippen LogP contribution < -0.4 is 10.9 Å². The Labute approximate surface area is 162 Å². The molecule has 2 bridgehead atoms. The number of phenols is 1. The van der Waals surface area contributed by atoms with E-state index in [1.165, 1.54) is 19.1 Å². The number of phenolic OH excluding ortho intramolecular Hbond substituents is 1. The highest BCUT2D eigenvalue weighted by Crippen LogP contribution is 2.41. The molecule has 7 nitrogen and oxygen atoms in total. The van der Waals surface area contributed by atoms with Crippen molar-refractivity contribution < 1.29 is 14.7 Å². The Morgan fingerprint density at radius 2 is 1.89 bits per heavy atom. The van der Waals surface area contributed by atoms with E-state index in [0.717, 1.165) is 12.1 Å². The van der Waals surface area contributed by atoms with Crippen LogP contribution in [-0.4, -0.2) is 46.0 Å². The molecule has 4 rings (SSSR count). The number of likely N-dealkylation sites (tertiary alicyclic amines) is 1. The number of benzene rings is 1. The van der Waals surface area contributed by atoms with Crippen LogP contribution in [0.25, 0.3) is 0 Å². The van der Waals surface area contributed by atoms with Crippen molar-refractivity contribution in [1.82, 2.24) is 14.8 Å². The standard InChI is InChI=1S/C21H23N3O4/c1-13(25)22-10-19-16-9-15(18-3-2-4-20(27)24(18)19)11-23(12-16)21(28)14-5-7-17(26)8-6-14/h2-8,15-16,19,26H,9-12H2,1H3,(H,22,25)/t15-,16+,19+/m1/s1. The van der Waals surface area contributed by atoms with Crippen molar-refractivity contribution in [2.45, 2.75) is 25.3 Å². The van der Waals surface area contributed by atoms with Crippen LogP contribution in [0.1, 0.15) is 41.4 Å². The van der Waals surface area contributed by atoms with E-state index in [4.69, 9.17) is 0 Å². The second-order valence-corrected chi connectivity index (χ2v) is 7.61. The molecule has 2 N–H and O–H groups in total. The third-order valence-electron chi connectivity index (χ3n) is 5.76. The summed E-state index contributed by atoms with van der Waals surface area (Å²) in [5, 5.41) is 12.3. The average Bonchev–Trinajstić information content (AvgIpc) is 2.68. The van der Waals surface area contributed by atoms with E-state index in [1.807, 2.05) is 11.0 Å². The highest BCUT2D eigenvalue weighted by molar-refractivity contribution is 5.94. The van der Waals surface area contributed by atoms with Gasteiger partial charge in [0.25, 0.3) is 11.5 Å². The van der Waals surface area contributed by atoms with Crippen LogP contribution in [0.2, 0.25) is 0 Å². The lowest BCUT2D eigenvalue weighted by Gasteiger charge is -2.47. The number of fused-ring (bicyclic) bond motifs is 4. The Morgan fingerprint density at radius 3 is 2.61 bits per heavy atom. The minimum Gasteiger partial charge on any atom is -0.508 e. The van der Waals surface area contributed by atoms with Gasteiger partial charge >= 0.3 is 0 Å². The van der Waals surface area contributed by atoms with Crippen LogP contribution in [0, 0.1) is 5.92 Å². The number of hydrogen-bond donors (Lipinski definition) is 2. The van der Waals surface area contributed by atoms with Gasteiger partial charge in [-0.25, -0.2) is 0 Å². The zero-order chi connectivity index (χ0) is 19.8. The Kier molecular flexibility index (Phi) is 4.66. The van der Waals surface area contributed by atoms with E-state index >= 15 is 0 Å². The summed E-state index contributed by atoms with van der Waals surface area (Å²) in [6, 6.07) is 11.3. The van der Waals surface area contributed by atoms with Gasteiger partial charge in [0.05, 0.1) is 6.04 Å². The molecule has 2 aromatic rings. The lowest BCUT2D eigenvalue weighted by molar-refractivity contribution is -0.119. The summed E-state index contributed by atoms with van der Waals surface area (Å²) in [4.78, 5) is 38.8. The molecule has 2 amide bonds. The lowest BCUT2D eigenvalue weighted by atomic mass is 9.78. The minimum absolute atomic E-state index is 0.0686. The number of carbonyl (C=O) groups excluding carboxylic acids is 2. The Morgan fingerprint density at radius 1 is 1.14 bits per heavy atom. The van der Waals surface area contributed by atoms with Crippen molar-refractivity contribution >= 4 is 11.8 Å². The van der Waals surface area contributed by atoms with Gasteiger partial charge in [0, 0.05) is 49.8 Å². The van der Waals surface area contributed by atoms with E-state index in [9.17, 15) is 19.5 Å². The number of rotatable bonds is 3. The van der Waals surface area contributed by atoms with Gasteiger partial charge in [-0.2, -0.15) is 0 Å². The summed E-state index contributed by atoms with van der Waals surface area (Å²) < 4.78 is 1.80. The molecule has 146 valence electrons. The Balaban J connectivity index is 1.66. The SMILES string of the molecule is CC(=O)NC[C@H]1[C@H]2C[C@H](CN(C(=O)c3ccc(O)cc3)C2)c2cccc(=O)n21. The molecule has 2 aliphatic rings. The summed E-state index contributed by atoms with van der Waals surface area (Å²) >= 11 is 0. The molecule has 1 saturated heterocycles. The first-order valence-electron chi connectivity index (χ1n) is 9.48. The zero-order valence-corrected chi connectivity index (χ0v) is 15.7. The lowest BCUT2D eigenvalue weighted by Crippen LogP contribution is -2.53. The normalized spacial score (nSPS) is 23.0. The summed E-state index contributed by atoms with van der Waals surface area (Å²) in [7, 11) is 0. The van der Waals surface area contributed by atoms with E-state index in [2.05, 4.69) is 5.32 Å². The van der Waals surface area contributed by atoms with Gasteiger partial charge in [0.15, 0.2) is 0 Å². The Hall–Kier alpha value is -3.09. The number of pyridine rings is 1. The maximum absolute atomic E-state index is 13.0. The van der Waals surface area contributed by atoms with Crippen LogP contribution in [0.3, 0.4) is 0 Å². The predicted molar refractivity (Wildman–Crippen MR) is 103 cm³/mol. The molecule has 1 fully saturated rings. The van der Waals surface area contributed by atoms with Crippen LogP contribution in [0.4, 0.5) is 0 Å². The van der Waals surface area contributed by atoms with Gasteiger partial charge in [0.2, 0.25) is 5.91 Å². The molecule has 1 aromatic heterocycles. The molecule has 3 heterocycles. The van der Waals surface area contributed by atoms with Crippen LogP contribution in [0.5, 0.6) is 5.75 Å². The predicted octanol–water partition coefficient (Wildman–Crippen LogP) is 1.49. The second-order valence-electron chi connectivity index (χ2n) is 7.61. The monoisotopic (exact) mass is 381 g/mol. The average molecular weight is 381 g/mol. The molecule has 2 aliphatic heterocycles. The first-order valence-corrected chi connectivity index (χ1v) is 9.48. The van der Waals surface area contributed by atoms with Crippen molar-refractivity contribution in [3.05, 3.63) is 64.1 Å². The zero-order valence-electron chi connectivity index (χ0n) is 15.7. The number of aromatic hydroxyl groups is 1. The summed E-state index contributed by atoms with van der Waals surface area (Å²) in [5.41, 5.74) is 1.38. The van der Waals surface area contributed by atoms with Crippen molar-refractivity contribution in [3.63, 3.8) is 0 Å². The number of piperidine rings is 1. The van der Waals surface area contributed by atoms with E-state index in [1.54, 1.807) is 28.8 Å². The largest absolute Gasteiger partial charge is 0.508 e. The first kappa shape index (κ1) is 18.3. The summed E-state index contributed by atoms with van der Waals surface area (Å²) in [6.07, 6.45) is 0.882. The number of nitrogens with one attached hydrogen (secondary N) is 1. The van der Waals surface area contributed by atoms with Gasteiger partial charge < -0.3 is 19.9 Å². The maximum atomic E-state index is 13.0. The molecular weight excluding hydrogens is 358 g/mol. The molecule has 7 heteroatoms. The molecule has 3 atom stereocenters. The van der Waals surface area contributed by atoms with Crippen LogP contribution in [0.15, 0.2) is 47.3 Å². The van der Waals surface area contributed by atoms with Crippen molar-refractivity contribution in [2.75, 3.05) is 19.6 Å². The van der Waals surface area contributed by atoms with Gasteiger partial charge in [0.1, 0.15) is 5.75 Å². The van der Waals surface area contributed by atoms with E-state index in [-0.39, 0.29) is 41.0 Å². The molecular formula is C21H23N3O4. The smallest absolute Gasteiger partial charge is 0.253 e. The Bertz CT molecular complexity index is 966. The van der Waals surface area contributed by atoms with Gasteiger partial charge in [-0.15, -0.1) is 0 Å². The fraction of sp³-hybridized carbons (Fsp3) is 0.381. The second kappa shape index (κ2) is 7.14. The number of carbonyl (C=O) groups is 2. The number of aromatic nitrogens is 1. The van der Waals surface area contributed by atoms with Gasteiger partial charge in [-0.3, -0.25) is 14.4 Å². The van der Waals surface area contributed by atoms with Gasteiger partial charge in [-0.05, 0) is 42.7 Å². The van der Waals surface area contributed by atoms with Crippen molar-refractivity contribution in [3.8, 4) is 5.75 Å². The van der Waals surface area contributed by atoms with Crippen molar-refractivity contribution in [1.29, 1.82) is 0 Å². The quantitative estimate of drug-likeness (QED) is 0.843.